The Morgan fingerprint density at radius 2 is 2.16 bits per heavy atom. The van der Waals surface area contributed by atoms with Crippen molar-refractivity contribution in [2.24, 2.45) is 7.05 Å². The molecule has 0 unspecified atom stereocenters. The number of hydrogen-bond donors (Lipinski definition) is 1. The molecule has 0 bridgehead atoms. The van der Waals surface area contributed by atoms with Crippen LogP contribution in [-0.2, 0) is 13.5 Å². The molecule has 1 aliphatic carbocycles. The van der Waals surface area contributed by atoms with Crippen LogP contribution in [0.2, 0.25) is 0 Å². The Labute approximate surface area is 143 Å². The van der Waals surface area contributed by atoms with Crippen LogP contribution < -0.4 is 5.32 Å². The third-order valence-corrected chi connectivity index (χ3v) is 4.55. The van der Waals surface area contributed by atoms with E-state index in [4.69, 9.17) is 4.52 Å². The number of hydrogen-bond acceptors (Lipinski definition) is 4. The molecule has 0 aliphatic heterocycles. The van der Waals surface area contributed by atoms with Gasteiger partial charge in [0, 0.05) is 29.9 Å². The maximum absolute atomic E-state index is 13.0. The fourth-order valence-corrected chi connectivity index (χ4v) is 3.22. The molecule has 128 valence electrons. The van der Waals surface area contributed by atoms with Gasteiger partial charge in [-0.15, -0.1) is 0 Å². The number of benzene rings is 1. The van der Waals surface area contributed by atoms with Gasteiger partial charge in [0.15, 0.2) is 11.5 Å². The number of nitrogens with zero attached hydrogens (tertiary/aromatic N) is 3. The molecular formula is C18H17FN4O2. The van der Waals surface area contributed by atoms with Crippen LogP contribution in [0.5, 0.6) is 0 Å². The van der Waals surface area contributed by atoms with Crippen molar-refractivity contribution < 1.29 is 13.7 Å². The van der Waals surface area contributed by atoms with E-state index in [0.717, 1.165) is 30.5 Å². The summed E-state index contributed by atoms with van der Waals surface area (Å²) in [5, 5.41) is 11.1. The summed E-state index contributed by atoms with van der Waals surface area (Å²) < 4.78 is 20.1. The monoisotopic (exact) mass is 340 g/mol. The molecule has 0 saturated carbocycles. The quantitative estimate of drug-likeness (QED) is 0.795. The van der Waals surface area contributed by atoms with Gasteiger partial charge in [-0.25, -0.2) is 4.39 Å². The zero-order valence-corrected chi connectivity index (χ0v) is 13.7. The van der Waals surface area contributed by atoms with E-state index in [9.17, 15) is 9.18 Å². The number of carbonyl (C=O) groups excluding carboxylic acids is 1. The molecule has 0 radical (unpaired) electrons. The van der Waals surface area contributed by atoms with Crippen molar-refractivity contribution in [1.82, 2.24) is 20.3 Å². The van der Waals surface area contributed by atoms with Gasteiger partial charge in [0.25, 0.3) is 5.91 Å². The first-order valence-electron chi connectivity index (χ1n) is 8.16. The molecule has 1 atom stereocenters. The zero-order valence-electron chi connectivity index (χ0n) is 13.7. The first-order chi connectivity index (χ1) is 12.1. The molecule has 0 spiro atoms. The SMILES string of the molecule is Cn1ncc2c1CCC[C@@H]2NC(=O)c1cc(-c2ccc(F)cc2)on1. The number of aromatic nitrogens is 3. The number of fused-ring (bicyclic) bond motifs is 1. The van der Waals surface area contributed by atoms with Crippen LogP contribution in [0.15, 0.2) is 41.1 Å². The van der Waals surface area contributed by atoms with E-state index in [1.165, 1.54) is 12.1 Å². The summed E-state index contributed by atoms with van der Waals surface area (Å²) in [5.41, 5.74) is 3.09. The lowest BCUT2D eigenvalue weighted by atomic mass is 9.93. The average molecular weight is 340 g/mol. The highest BCUT2D eigenvalue weighted by atomic mass is 19.1. The van der Waals surface area contributed by atoms with Gasteiger partial charge < -0.3 is 9.84 Å². The van der Waals surface area contributed by atoms with Crippen molar-refractivity contribution in [3.05, 3.63) is 59.3 Å². The van der Waals surface area contributed by atoms with Crippen LogP contribution in [0.4, 0.5) is 4.39 Å². The van der Waals surface area contributed by atoms with E-state index in [2.05, 4.69) is 15.6 Å². The zero-order chi connectivity index (χ0) is 17.4. The third-order valence-electron chi connectivity index (χ3n) is 4.55. The minimum Gasteiger partial charge on any atom is -0.355 e. The maximum Gasteiger partial charge on any atom is 0.273 e. The number of aryl methyl sites for hydroxylation is 1. The fraction of sp³-hybridized carbons (Fsp3) is 0.278. The first kappa shape index (κ1) is 15.6. The lowest BCUT2D eigenvalue weighted by Gasteiger charge is -2.23. The minimum absolute atomic E-state index is 0.0732. The Kier molecular flexibility index (Phi) is 3.83. The summed E-state index contributed by atoms with van der Waals surface area (Å²) in [7, 11) is 1.91. The van der Waals surface area contributed by atoms with Crippen molar-refractivity contribution in [3.8, 4) is 11.3 Å². The fourth-order valence-electron chi connectivity index (χ4n) is 3.22. The number of nitrogens with one attached hydrogen (secondary N) is 1. The summed E-state index contributed by atoms with van der Waals surface area (Å²) in [6.45, 7) is 0. The Morgan fingerprint density at radius 3 is 2.96 bits per heavy atom. The van der Waals surface area contributed by atoms with E-state index < -0.39 is 0 Å². The predicted octanol–water partition coefficient (Wildman–Crippen LogP) is 3.02. The topological polar surface area (TPSA) is 73.0 Å². The van der Waals surface area contributed by atoms with E-state index in [0.29, 0.717) is 11.3 Å². The summed E-state index contributed by atoms with van der Waals surface area (Å²) in [6.07, 6.45) is 4.65. The third kappa shape index (κ3) is 2.93. The Morgan fingerprint density at radius 1 is 1.36 bits per heavy atom. The molecule has 1 amide bonds. The molecule has 1 aromatic carbocycles. The van der Waals surface area contributed by atoms with E-state index in [1.54, 1.807) is 18.2 Å². The molecule has 6 nitrogen and oxygen atoms in total. The van der Waals surface area contributed by atoms with Gasteiger partial charge in [0.2, 0.25) is 0 Å². The highest BCUT2D eigenvalue weighted by Crippen LogP contribution is 2.29. The molecule has 4 rings (SSSR count). The molecule has 0 fully saturated rings. The Hall–Kier alpha value is -2.96. The molecule has 1 N–H and O–H groups in total. The lowest BCUT2D eigenvalue weighted by molar-refractivity contribution is 0.0923. The maximum atomic E-state index is 13.0. The number of rotatable bonds is 3. The highest BCUT2D eigenvalue weighted by molar-refractivity contribution is 5.93. The van der Waals surface area contributed by atoms with Gasteiger partial charge in [0.05, 0.1) is 12.2 Å². The van der Waals surface area contributed by atoms with Crippen LogP contribution in [0, 0.1) is 5.82 Å². The molecule has 2 heterocycles. The molecule has 2 aromatic heterocycles. The van der Waals surface area contributed by atoms with Gasteiger partial charge in [-0.2, -0.15) is 5.10 Å². The summed E-state index contributed by atoms with van der Waals surface area (Å²) >= 11 is 0. The van der Waals surface area contributed by atoms with E-state index in [-0.39, 0.29) is 23.5 Å². The van der Waals surface area contributed by atoms with Crippen LogP contribution in [0.3, 0.4) is 0 Å². The van der Waals surface area contributed by atoms with Crippen LogP contribution in [0.25, 0.3) is 11.3 Å². The van der Waals surface area contributed by atoms with Crippen molar-refractivity contribution in [1.29, 1.82) is 0 Å². The van der Waals surface area contributed by atoms with Gasteiger partial charge in [-0.1, -0.05) is 5.16 Å². The van der Waals surface area contributed by atoms with Crippen LogP contribution >= 0.6 is 0 Å². The van der Waals surface area contributed by atoms with Gasteiger partial charge in [-0.05, 0) is 43.5 Å². The molecule has 1 aliphatic rings. The molecule has 3 aromatic rings. The van der Waals surface area contributed by atoms with Gasteiger partial charge in [-0.3, -0.25) is 9.48 Å². The average Bonchev–Trinajstić information content (AvgIpc) is 3.24. The van der Waals surface area contributed by atoms with Crippen molar-refractivity contribution in [2.45, 2.75) is 25.3 Å². The molecular weight excluding hydrogens is 323 g/mol. The second-order valence-electron chi connectivity index (χ2n) is 6.17. The summed E-state index contributed by atoms with van der Waals surface area (Å²) in [4.78, 5) is 12.5. The summed E-state index contributed by atoms with van der Waals surface area (Å²) in [5.74, 6) is -0.194. The highest BCUT2D eigenvalue weighted by Gasteiger charge is 2.26. The molecule has 25 heavy (non-hydrogen) atoms. The number of carbonyl (C=O) groups is 1. The second-order valence-corrected chi connectivity index (χ2v) is 6.17. The first-order valence-corrected chi connectivity index (χ1v) is 8.16. The van der Waals surface area contributed by atoms with Gasteiger partial charge >= 0.3 is 0 Å². The van der Waals surface area contributed by atoms with E-state index in [1.807, 2.05) is 17.9 Å². The molecule has 7 heteroatoms. The molecule has 0 saturated heterocycles. The normalized spacial score (nSPS) is 16.5. The number of halogens is 1. The lowest BCUT2D eigenvalue weighted by Crippen LogP contribution is -2.31. The van der Waals surface area contributed by atoms with Crippen LogP contribution in [-0.4, -0.2) is 20.8 Å². The predicted molar refractivity (Wildman–Crippen MR) is 88.3 cm³/mol. The Bertz CT molecular complexity index is 914. The van der Waals surface area contributed by atoms with Crippen molar-refractivity contribution >= 4 is 5.91 Å². The van der Waals surface area contributed by atoms with Crippen molar-refractivity contribution in [3.63, 3.8) is 0 Å². The van der Waals surface area contributed by atoms with Crippen LogP contribution in [0.1, 0.15) is 40.6 Å². The second kappa shape index (κ2) is 6.16. The Balaban J connectivity index is 1.52. The largest absolute Gasteiger partial charge is 0.355 e. The van der Waals surface area contributed by atoms with Crippen molar-refractivity contribution in [2.75, 3.05) is 0 Å². The van der Waals surface area contributed by atoms with Gasteiger partial charge in [0.1, 0.15) is 5.82 Å². The smallest absolute Gasteiger partial charge is 0.273 e. The summed E-state index contributed by atoms with van der Waals surface area (Å²) in [6, 6.07) is 7.33. The standard InChI is InChI=1S/C18H17FN4O2/c1-23-16-4-2-3-14(13(16)10-20-23)21-18(24)15-9-17(25-22-15)11-5-7-12(19)8-6-11/h5-10,14H,2-4H2,1H3,(H,21,24)/t14-/m0/s1. The minimum atomic E-state index is -0.328. The van der Waals surface area contributed by atoms with E-state index >= 15 is 0 Å². The number of amides is 1.